The molecule has 0 aromatic heterocycles. The molecule has 0 saturated carbocycles. The predicted molar refractivity (Wildman–Crippen MR) is 40.2 cm³/mol. The van der Waals surface area contributed by atoms with Crippen LogP contribution in [0.5, 0.6) is 0 Å². The molecule has 1 N–H and O–H groups in total. The summed E-state index contributed by atoms with van der Waals surface area (Å²) in [6.07, 6.45) is -5.91. The Morgan fingerprint density at radius 3 is 1.92 bits per heavy atom. The first-order valence-corrected chi connectivity index (χ1v) is 3.71. The van der Waals surface area contributed by atoms with Gasteiger partial charge < -0.3 is 5.11 Å². The predicted octanol–water partition coefficient (Wildman–Crippen LogP) is 2.50. The molecule has 0 aliphatic heterocycles. The van der Waals surface area contributed by atoms with Gasteiger partial charge in [-0.2, -0.15) is 22.0 Å². The zero-order valence-electron chi connectivity index (χ0n) is 5.50. The van der Waals surface area contributed by atoms with E-state index in [-0.39, 0.29) is 6.08 Å². The van der Waals surface area contributed by atoms with Crippen molar-refractivity contribution in [1.29, 1.82) is 0 Å². The fraction of sp³-hybridized carbons (Fsp3) is 0.600. The van der Waals surface area contributed by atoms with Crippen LogP contribution in [0.4, 0.5) is 22.0 Å². The molecule has 0 fully saturated rings. The lowest BCUT2D eigenvalue weighted by Crippen LogP contribution is -2.34. The Hall–Kier alpha value is 0.0800. The number of hydrogen-bond donors (Lipinski definition) is 1. The summed E-state index contributed by atoms with van der Waals surface area (Å²) in [4.78, 5) is 0. The molecule has 0 aromatic carbocycles. The lowest BCUT2D eigenvalue weighted by molar-refractivity contribution is -0.259. The Morgan fingerprint density at radius 1 is 1.25 bits per heavy atom. The van der Waals surface area contributed by atoms with Gasteiger partial charge >= 0.3 is 12.1 Å². The Labute approximate surface area is 78.4 Å². The van der Waals surface area contributed by atoms with Crippen molar-refractivity contribution in [3.05, 3.63) is 9.66 Å². The highest BCUT2D eigenvalue weighted by Crippen LogP contribution is 2.37. The molecule has 12 heavy (non-hydrogen) atoms. The van der Waals surface area contributed by atoms with Crippen LogP contribution in [0.25, 0.3) is 0 Å². The van der Waals surface area contributed by atoms with Crippen molar-refractivity contribution in [2.75, 3.05) is 6.61 Å². The van der Waals surface area contributed by atoms with E-state index in [4.69, 9.17) is 5.11 Å². The molecule has 0 amide bonds. The van der Waals surface area contributed by atoms with E-state index in [2.05, 4.69) is 0 Å². The first-order valence-electron chi connectivity index (χ1n) is 2.63. The maximum absolute atomic E-state index is 12.1. The van der Waals surface area contributed by atoms with E-state index in [0.29, 0.717) is 0 Å². The number of alkyl halides is 5. The number of halogens is 6. The molecule has 0 aliphatic carbocycles. The van der Waals surface area contributed by atoms with Gasteiger partial charge in [0, 0.05) is 9.66 Å². The van der Waals surface area contributed by atoms with Gasteiger partial charge in [-0.05, 0) is 22.6 Å². The molecule has 0 aromatic rings. The summed E-state index contributed by atoms with van der Waals surface area (Å²) < 4.78 is 58.0. The zero-order valence-corrected chi connectivity index (χ0v) is 7.66. The van der Waals surface area contributed by atoms with Gasteiger partial charge in [0.15, 0.2) is 0 Å². The largest absolute Gasteiger partial charge is 0.457 e. The molecule has 1 nitrogen and oxygen atoms in total. The van der Waals surface area contributed by atoms with Gasteiger partial charge in [-0.3, -0.25) is 0 Å². The van der Waals surface area contributed by atoms with Crippen LogP contribution in [0.3, 0.4) is 0 Å². The van der Waals surface area contributed by atoms with Crippen molar-refractivity contribution in [3.8, 4) is 0 Å². The molecule has 0 radical (unpaired) electrons. The number of aliphatic hydroxyl groups is 1. The number of rotatable bonds is 2. The van der Waals surface area contributed by atoms with E-state index >= 15 is 0 Å². The van der Waals surface area contributed by atoms with Gasteiger partial charge in [0.05, 0.1) is 6.61 Å². The van der Waals surface area contributed by atoms with Crippen LogP contribution in [-0.4, -0.2) is 23.8 Å². The third-order valence-electron chi connectivity index (χ3n) is 0.867. The SMILES string of the molecule is OC/C(I)=C\C(F)(F)C(F)(F)F. The highest BCUT2D eigenvalue weighted by molar-refractivity contribution is 14.1. The van der Waals surface area contributed by atoms with E-state index in [1.807, 2.05) is 0 Å². The quantitative estimate of drug-likeness (QED) is 0.614. The van der Waals surface area contributed by atoms with Gasteiger partial charge in [-0.1, -0.05) is 0 Å². The molecule has 0 atom stereocenters. The molecule has 0 aliphatic rings. The van der Waals surface area contributed by atoms with Gasteiger partial charge in [-0.25, -0.2) is 0 Å². The third-order valence-corrected chi connectivity index (χ3v) is 1.52. The van der Waals surface area contributed by atoms with Crippen LogP contribution in [0.2, 0.25) is 0 Å². The van der Waals surface area contributed by atoms with Crippen molar-refractivity contribution in [1.82, 2.24) is 0 Å². The first kappa shape index (κ1) is 12.1. The summed E-state index contributed by atoms with van der Waals surface area (Å²) in [6.45, 7) is -0.827. The minimum atomic E-state index is -5.60. The maximum Gasteiger partial charge on any atom is 0.457 e. The van der Waals surface area contributed by atoms with E-state index < -0.39 is 22.3 Å². The maximum atomic E-state index is 12.1. The van der Waals surface area contributed by atoms with E-state index in [1.54, 1.807) is 0 Å². The third kappa shape index (κ3) is 3.21. The number of aliphatic hydroxyl groups excluding tert-OH is 1. The van der Waals surface area contributed by atoms with Crippen molar-refractivity contribution in [3.63, 3.8) is 0 Å². The van der Waals surface area contributed by atoms with E-state index in [1.165, 1.54) is 22.6 Å². The van der Waals surface area contributed by atoms with Crippen molar-refractivity contribution >= 4 is 22.6 Å². The fourth-order valence-corrected chi connectivity index (χ4v) is 0.715. The molecule has 0 heterocycles. The normalized spacial score (nSPS) is 15.1. The average Bonchev–Trinajstić information content (AvgIpc) is 1.84. The highest BCUT2D eigenvalue weighted by atomic mass is 127. The lowest BCUT2D eigenvalue weighted by Gasteiger charge is -2.15. The Morgan fingerprint density at radius 2 is 1.67 bits per heavy atom. The summed E-state index contributed by atoms with van der Waals surface area (Å²) in [5, 5.41) is 8.19. The van der Waals surface area contributed by atoms with Crippen LogP contribution in [0.1, 0.15) is 0 Å². The molecule has 0 bridgehead atoms. The molecule has 0 rings (SSSR count). The van der Waals surface area contributed by atoms with Crippen molar-refractivity contribution in [2.24, 2.45) is 0 Å². The fourth-order valence-electron chi connectivity index (χ4n) is 0.324. The molecule has 72 valence electrons. The molecule has 0 spiro atoms. The average molecular weight is 302 g/mol. The Balaban J connectivity index is 4.64. The highest BCUT2D eigenvalue weighted by Gasteiger charge is 2.55. The second kappa shape index (κ2) is 3.86. The summed E-state index contributed by atoms with van der Waals surface area (Å²) in [5.74, 6) is -4.87. The zero-order chi connectivity index (χ0) is 9.99. The second-order valence-corrected chi connectivity index (χ2v) is 3.26. The minimum absolute atomic E-state index is 0.312. The monoisotopic (exact) mass is 302 g/mol. The lowest BCUT2D eigenvalue weighted by atomic mass is 10.3. The summed E-state index contributed by atoms with van der Waals surface area (Å²) in [5.41, 5.74) is 0. The van der Waals surface area contributed by atoms with Crippen LogP contribution >= 0.6 is 22.6 Å². The van der Waals surface area contributed by atoms with Crippen LogP contribution in [0, 0.1) is 0 Å². The van der Waals surface area contributed by atoms with Crippen molar-refractivity contribution in [2.45, 2.75) is 12.1 Å². The number of hydrogen-bond acceptors (Lipinski definition) is 1. The summed E-state index contributed by atoms with van der Waals surface area (Å²) in [6, 6.07) is 0. The molecular formula is C5H4F5IO. The van der Waals surface area contributed by atoms with Gasteiger partial charge in [0.1, 0.15) is 0 Å². The molecule has 7 heteroatoms. The van der Waals surface area contributed by atoms with Crippen molar-refractivity contribution < 1.29 is 27.1 Å². The Kier molecular flexibility index (Phi) is 3.88. The molecular weight excluding hydrogens is 298 g/mol. The van der Waals surface area contributed by atoms with Gasteiger partial charge in [0.25, 0.3) is 0 Å². The van der Waals surface area contributed by atoms with E-state index in [0.717, 1.165) is 0 Å². The standard InChI is InChI=1S/C5H4F5IO/c6-4(7,5(8,9)10)1-3(11)2-12/h1,12H,2H2/b3-1+. The smallest absolute Gasteiger partial charge is 0.391 e. The Bertz CT molecular complexity index is 185. The van der Waals surface area contributed by atoms with Crippen LogP contribution in [0.15, 0.2) is 9.66 Å². The van der Waals surface area contributed by atoms with Crippen LogP contribution in [-0.2, 0) is 0 Å². The second-order valence-electron chi connectivity index (χ2n) is 1.87. The van der Waals surface area contributed by atoms with E-state index in [9.17, 15) is 22.0 Å². The summed E-state index contributed by atoms with van der Waals surface area (Å²) >= 11 is 1.20. The molecule has 0 saturated heterocycles. The first-order chi connectivity index (χ1) is 5.20. The van der Waals surface area contributed by atoms with Gasteiger partial charge in [-0.15, -0.1) is 0 Å². The van der Waals surface area contributed by atoms with Crippen LogP contribution < -0.4 is 0 Å². The minimum Gasteiger partial charge on any atom is -0.391 e. The molecule has 0 unspecified atom stereocenters. The topological polar surface area (TPSA) is 20.2 Å². The number of allylic oxidation sites excluding steroid dienone is 1. The van der Waals surface area contributed by atoms with Gasteiger partial charge in [0.2, 0.25) is 0 Å². The summed E-state index contributed by atoms with van der Waals surface area (Å²) in [7, 11) is 0.